The number of aliphatic imine (C=N–C) groups is 1. The van der Waals surface area contributed by atoms with Gasteiger partial charge in [-0.2, -0.15) is 13.9 Å². The Labute approximate surface area is 186 Å². The fraction of sp³-hybridized carbons (Fsp3) is 0.474. The van der Waals surface area contributed by atoms with Crippen molar-refractivity contribution in [2.45, 2.75) is 40.0 Å². The fourth-order valence-electron chi connectivity index (χ4n) is 2.73. The second-order valence-corrected chi connectivity index (χ2v) is 6.31. The molecule has 1 aromatic heterocycles. The number of benzene rings is 1. The molecule has 3 N–H and O–H groups in total. The maximum Gasteiger partial charge on any atom is 0.387 e. The molecular formula is C19H28F2IN5O2. The highest BCUT2D eigenvalue weighted by Gasteiger charge is 2.12. The van der Waals surface area contributed by atoms with Crippen molar-refractivity contribution in [1.29, 1.82) is 0 Å². The highest BCUT2D eigenvalue weighted by molar-refractivity contribution is 14.0. The van der Waals surface area contributed by atoms with E-state index in [0.29, 0.717) is 24.6 Å². The summed E-state index contributed by atoms with van der Waals surface area (Å²) in [5.74, 6) is 0.623. The third-order valence-electron chi connectivity index (χ3n) is 4.35. The van der Waals surface area contributed by atoms with Gasteiger partial charge in [0.2, 0.25) is 0 Å². The number of hydrogen-bond acceptors (Lipinski definition) is 4. The number of aryl methyl sites for hydroxylation is 2. The third kappa shape index (κ3) is 7.42. The molecule has 0 radical (unpaired) electrons. The Morgan fingerprint density at radius 3 is 2.41 bits per heavy atom. The lowest BCUT2D eigenvalue weighted by Crippen LogP contribution is -2.39. The van der Waals surface area contributed by atoms with Crippen molar-refractivity contribution in [3.8, 4) is 5.75 Å². The molecule has 2 rings (SSSR count). The Kier molecular flexibility index (Phi) is 10.3. The molecule has 0 aliphatic carbocycles. The molecule has 1 heterocycles. The molecule has 2 aromatic rings. The molecule has 0 amide bonds. The van der Waals surface area contributed by atoms with E-state index in [9.17, 15) is 13.9 Å². The lowest BCUT2D eigenvalue weighted by molar-refractivity contribution is -0.0498. The number of hydrogen-bond donors (Lipinski definition) is 3. The van der Waals surface area contributed by atoms with Crippen LogP contribution in [0.2, 0.25) is 0 Å². The molecule has 29 heavy (non-hydrogen) atoms. The lowest BCUT2D eigenvalue weighted by atomic mass is 10.1. The number of ether oxygens (including phenoxy) is 1. The van der Waals surface area contributed by atoms with Crippen LogP contribution in [-0.4, -0.2) is 40.5 Å². The molecule has 1 unspecified atom stereocenters. The molecule has 0 spiro atoms. The zero-order valence-electron chi connectivity index (χ0n) is 16.9. The monoisotopic (exact) mass is 523 g/mol. The first kappa shape index (κ1) is 25.1. The highest BCUT2D eigenvalue weighted by atomic mass is 127. The van der Waals surface area contributed by atoms with Crippen LogP contribution in [-0.2, 0) is 13.6 Å². The zero-order valence-corrected chi connectivity index (χ0v) is 19.3. The Bertz CT molecular complexity index is 797. The van der Waals surface area contributed by atoms with Crippen LogP contribution in [0.15, 0.2) is 29.3 Å². The Balaban J connectivity index is 0.00000420. The molecule has 0 fully saturated rings. The van der Waals surface area contributed by atoms with Crippen molar-refractivity contribution < 1.29 is 18.6 Å². The second-order valence-electron chi connectivity index (χ2n) is 6.31. The van der Waals surface area contributed by atoms with E-state index in [0.717, 1.165) is 17.0 Å². The number of aromatic nitrogens is 2. The summed E-state index contributed by atoms with van der Waals surface area (Å²) in [7, 11) is 1.90. The van der Waals surface area contributed by atoms with Crippen molar-refractivity contribution in [3.63, 3.8) is 0 Å². The Hall–Kier alpha value is -1.95. The first-order valence-electron chi connectivity index (χ1n) is 9.05. The van der Waals surface area contributed by atoms with Gasteiger partial charge < -0.3 is 20.5 Å². The van der Waals surface area contributed by atoms with Crippen LogP contribution < -0.4 is 15.4 Å². The van der Waals surface area contributed by atoms with Crippen LogP contribution >= 0.6 is 24.0 Å². The highest BCUT2D eigenvalue weighted by Crippen LogP contribution is 2.19. The van der Waals surface area contributed by atoms with Gasteiger partial charge in [-0.15, -0.1) is 24.0 Å². The van der Waals surface area contributed by atoms with E-state index in [-0.39, 0.29) is 36.3 Å². The first-order chi connectivity index (χ1) is 13.3. The molecular weight excluding hydrogens is 495 g/mol. The number of aliphatic hydroxyl groups excluding tert-OH is 1. The van der Waals surface area contributed by atoms with Gasteiger partial charge in [0.15, 0.2) is 5.96 Å². The summed E-state index contributed by atoms with van der Waals surface area (Å²) in [6.45, 7) is 4.38. The lowest BCUT2D eigenvalue weighted by Gasteiger charge is -2.16. The number of nitrogens with zero attached hydrogens (tertiary/aromatic N) is 3. The van der Waals surface area contributed by atoms with E-state index in [2.05, 4.69) is 25.5 Å². The first-order valence-corrected chi connectivity index (χ1v) is 9.05. The van der Waals surface area contributed by atoms with Crippen molar-refractivity contribution in [3.05, 3.63) is 46.8 Å². The van der Waals surface area contributed by atoms with Gasteiger partial charge in [-0.25, -0.2) is 4.99 Å². The molecule has 162 valence electrons. The quantitative estimate of drug-likeness (QED) is 0.282. The second kappa shape index (κ2) is 11.9. The summed E-state index contributed by atoms with van der Waals surface area (Å²) >= 11 is 0. The molecule has 0 saturated carbocycles. The van der Waals surface area contributed by atoms with E-state index in [1.807, 2.05) is 32.5 Å². The van der Waals surface area contributed by atoms with Gasteiger partial charge in [0, 0.05) is 31.4 Å². The molecule has 0 aliphatic heterocycles. The number of nitrogens with one attached hydrogen (secondary N) is 2. The fourth-order valence-corrected chi connectivity index (χ4v) is 2.73. The van der Waals surface area contributed by atoms with Crippen LogP contribution in [0.4, 0.5) is 8.78 Å². The van der Waals surface area contributed by atoms with Gasteiger partial charge in [0.1, 0.15) is 5.75 Å². The smallest absolute Gasteiger partial charge is 0.387 e. The summed E-state index contributed by atoms with van der Waals surface area (Å²) in [5, 5.41) is 20.9. The summed E-state index contributed by atoms with van der Waals surface area (Å²) in [6, 6.07) is 5.91. The largest absolute Gasteiger partial charge is 0.435 e. The van der Waals surface area contributed by atoms with Gasteiger partial charge in [-0.3, -0.25) is 4.68 Å². The van der Waals surface area contributed by atoms with Crippen LogP contribution in [0.5, 0.6) is 5.75 Å². The zero-order chi connectivity index (χ0) is 20.7. The predicted molar refractivity (Wildman–Crippen MR) is 119 cm³/mol. The van der Waals surface area contributed by atoms with E-state index >= 15 is 0 Å². The predicted octanol–water partition coefficient (Wildman–Crippen LogP) is 3.05. The molecule has 0 saturated heterocycles. The molecule has 0 aliphatic rings. The van der Waals surface area contributed by atoms with Crippen molar-refractivity contribution in [2.75, 3.05) is 13.1 Å². The number of aliphatic hydroxyl groups is 1. The average molecular weight is 523 g/mol. The number of rotatable bonds is 8. The SMILES string of the molecule is CCNC(=NCc1c(C)nn(C)c1C)NCC(O)c1ccc(OC(F)F)cc1.I. The molecule has 10 heteroatoms. The molecule has 1 aromatic carbocycles. The third-order valence-corrected chi connectivity index (χ3v) is 4.35. The molecule has 0 bridgehead atoms. The Morgan fingerprint density at radius 1 is 1.24 bits per heavy atom. The van der Waals surface area contributed by atoms with E-state index in [4.69, 9.17) is 0 Å². The van der Waals surface area contributed by atoms with E-state index in [1.165, 1.54) is 12.1 Å². The summed E-state index contributed by atoms with van der Waals surface area (Å²) < 4.78 is 30.5. The molecule has 1 atom stereocenters. The van der Waals surface area contributed by atoms with Gasteiger partial charge in [-0.05, 0) is 38.5 Å². The van der Waals surface area contributed by atoms with Gasteiger partial charge in [-0.1, -0.05) is 12.1 Å². The number of alkyl halides is 2. The standard InChI is InChI=1S/C19H27F2N5O2.HI/c1-5-22-19(23-10-16-12(2)25-26(4)13(16)3)24-11-17(27)14-6-8-15(9-7-14)28-18(20)21;/h6-9,17-18,27H,5,10-11H2,1-4H3,(H2,22,23,24);1H. The normalized spacial score (nSPS) is 12.5. The maximum atomic E-state index is 12.2. The Morgan fingerprint density at radius 2 is 1.90 bits per heavy atom. The summed E-state index contributed by atoms with van der Waals surface area (Å²) in [5.41, 5.74) is 3.65. The van der Waals surface area contributed by atoms with Crippen LogP contribution in [0, 0.1) is 13.8 Å². The van der Waals surface area contributed by atoms with Crippen molar-refractivity contribution in [1.82, 2.24) is 20.4 Å². The van der Waals surface area contributed by atoms with E-state index in [1.54, 1.807) is 12.1 Å². The van der Waals surface area contributed by atoms with Crippen LogP contribution in [0.3, 0.4) is 0 Å². The minimum atomic E-state index is -2.87. The van der Waals surface area contributed by atoms with Crippen LogP contribution in [0.25, 0.3) is 0 Å². The van der Waals surface area contributed by atoms with Crippen molar-refractivity contribution >= 4 is 29.9 Å². The minimum Gasteiger partial charge on any atom is -0.435 e. The molecule has 7 nitrogen and oxygen atoms in total. The van der Waals surface area contributed by atoms with Gasteiger partial charge in [0.25, 0.3) is 0 Å². The van der Waals surface area contributed by atoms with Crippen molar-refractivity contribution in [2.24, 2.45) is 12.0 Å². The van der Waals surface area contributed by atoms with Gasteiger partial charge >= 0.3 is 6.61 Å². The average Bonchev–Trinajstić information content (AvgIpc) is 2.89. The summed E-state index contributed by atoms with van der Waals surface area (Å²) in [4.78, 5) is 4.56. The maximum absolute atomic E-state index is 12.2. The number of halogens is 3. The summed E-state index contributed by atoms with van der Waals surface area (Å²) in [6.07, 6.45) is -0.827. The van der Waals surface area contributed by atoms with Gasteiger partial charge in [0.05, 0.1) is 18.3 Å². The van der Waals surface area contributed by atoms with Crippen LogP contribution in [0.1, 0.15) is 35.5 Å². The minimum absolute atomic E-state index is 0. The topological polar surface area (TPSA) is 83.7 Å². The van der Waals surface area contributed by atoms with E-state index < -0.39 is 12.7 Å². The number of guanidine groups is 1.